The highest BCUT2D eigenvalue weighted by Crippen LogP contribution is 2.35. The van der Waals surface area contributed by atoms with Gasteiger partial charge in [-0.05, 0) is 23.8 Å². The van der Waals surface area contributed by atoms with Gasteiger partial charge in [0.2, 0.25) is 0 Å². The highest BCUT2D eigenvalue weighted by Gasteiger charge is 2.18. The lowest BCUT2D eigenvalue weighted by Gasteiger charge is -2.03. The molecule has 0 unspecified atom stereocenters. The molecule has 0 aliphatic rings. The van der Waals surface area contributed by atoms with E-state index < -0.39 is 5.97 Å². The molecule has 23 heavy (non-hydrogen) atoms. The highest BCUT2D eigenvalue weighted by molar-refractivity contribution is 7.20. The minimum absolute atomic E-state index is 0.0751. The maximum Gasteiger partial charge on any atom is 0.338 e. The number of anilines is 1. The number of thiophene rings is 1. The van der Waals surface area contributed by atoms with Crippen LogP contribution in [0.25, 0.3) is 10.4 Å². The Labute approximate surface area is 136 Å². The summed E-state index contributed by atoms with van der Waals surface area (Å²) in [6, 6.07) is 14.3. The van der Waals surface area contributed by atoms with Gasteiger partial charge in [-0.25, -0.2) is 4.79 Å². The Kier molecular flexibility index (Phi) is 4.16. The lowest BCUT2D eigenvalue weighted by molar-refractivity contribution is 0.0698. The summed E-state index contributed by atoms with van der Waals surface area (Å²) < 4.78 is 0. The van der Waals surface area contributed by atoms with Gasteiger partial charge in [0.1, 0.15) is 5.00 Å². The van der Waals surface area contributed by atoms with Crippen LogP contribution in [-0.2, 0) is 0 Å². The first-order chi connectivity index (χ1) is 11.1. The minimum atomic E-state index is -1.08. The average molecular weight is 324 g/mol. The molecule has 2 aromatic heterocycles. The van der Waals surface area contributed by atoms with Gasteiger partial charge in [-0.1, -0.05) is 30.3 Å². The number of hydrogen-bond donors (Lipinski definition) is 2. The molecule has 0 saturated carbocycles. The largest absolute Gasteiger partial charge is 0.478 e. The molecule has 0 saturated heterocycles. The molecule has 5 nitrogen and oxygen atoms in total. The second-order valence-electron chi connectivity index (χ2n) is 4.72. The molecule has 0 fully saturated rings. The van der Waals surface area contributed by atoms with E-state index in [-0.39, 0.29) is 11.5 Å². The molecule has 3 aromatic rings. The zero-order chi connectivity index (χ0) is 16.2. The van der Waals surface area contributed by atoms with Crippen molar-refractivity contribution in [2.24, 2.45) is 0 Å². The van der Waals surface area contributed by atoms with Gasteiger partial charge in [0.05, 0.1) is 11.1 Å². The monoisotopic (exact) mass is 324 g/mol. The molecule has 114 valence electrons. The van der Waals surface area contributed by atoms with Crippen LogP contribution in [-0.4, -0.2) is 22.0 Å². The molecule has 3 rings (SSSR count). The Morgan fingerprint density at radius 3 is 2.52 bits per heavy atom. The quantitative estimate of drug-likeness (QED) is 0.766. The third-order valence-electron chi connectivity index (χ3n) is 3.17. The number of carboxylic acids is 1. The Hall–Kier alpha value is -2.99. The summed E-state index contributed by atoms with van der Waals surface area (Å²) in [5, 5.41) is 12.3. The first kappa shape index (κ1) is 14.9. The van der Waals surface area contributed by atoms with Crippen molar-refractivity contribution in [1.82, 2.24) is 4.98 Å². The summed E-state index contributed by atoms with van der Waals surface area (Å²) in [7, 11) is 0. The molecule has 2 heterocycles. The van der Waals surface area contributed by atoms with Gasteiger partial charge in [0, 0.05) is 17.3 Å². The molecule has 6 heteroatoms. The second-order valence-corrected chi connectivity index (χ2v) is 5.77. The topological polar surface area (TPSA) is 79.3 Å². The lowest BCUT2D eigenvalue weighted by atomic mass is 10.1. The molecule has 1 aromatic carbocycles. The van der Waals surface area contributed by atoms with Crippen molar-refractivity contribution < 1.29 is 14.7 Å². The van der Waals surface area contributed by atoms with Gasteiger partial charge in [0.25, 0.3) is 5.91 Å². The number of nitrogens with one attached hydrogen (secondary N) is 1. The van der Waals surface area contributed by atoms with Gasteiger partial charge < -0.3 is 10.4 Å². The van der Waals surface area contributed by atoms with E-state index in [1.807, 2.05) is 30.3 Å². The van der Waals surface area contributed by atoms with E-state index in [0.29, 0.717) is 10.6 Å². The fourth-order valence-corrected chi connectivity index (χ4v) is 3.11. The minimum Gasteiger partial charge on any atom is -0.478 e. The fraction of sp³-hybridized carbons (Fsp3) is 0. The van der Waals surface area contributed by atoms with E-state index in [1.54, 1.807) is 24.4 Å². The Balaban J connectivity index is 1.94. The molecule has 0 atom stereocenters. The summed E-state index contributed by atoms with van der Waals surface area (Å²) in [5.74, 6) is -1.47. The van der Waals surface area contributed by atoms with Gasteiger partial charge in [-0.15, -0.1) is 11.3 Å². The zero-order valence-electron chi connectivity index (χ0n) is 11.9. The van der Waals surface area contributed by atoms with Crippen molar-refractivity contribution in [3.05, 3.63) is 72.1 Å². The van der Waals surface area contributed by atoms with Crippen LogP contribution in [0.15, 0.2) is 60.9 Å². The molecule has 2 N–H and O–H groups in total. The van der Waals surface area contributed by atoms with Crippen LogP contribution in [0.1, 0.15) is 20.7 Å². The Morgan fingerprint density at radius 2 is 1.87 bits per heavy atom. The molecule has 0 bridgehead atoms. The summed E-state index contributed by atoms with van der Waals surface area (Å²) in [5.41, 5.74) is 1.35. The third-order valence-corrected chi connectivity index (χ3v) is 4.27. The van der Waals surface area contributed by atoms with E-state index in [4.69, 9.17) is 0 Å². The van der Waals surface area contributed by atoms with Crippen molar-refractivity contribution in [2.75, 3.05) is 5.32 Å². The van der Waals surface area contributed by atoms with Gasteiger partial charge in [-0.2, -0.15) is 0 Å². The number of carbonyl (C=O) groups excluding carboxylic acids is 1. The van der Waals surface area contributed by atoms with Crippen LogP contribution < -0.4 is 5.32 Å². The lowest BCUT2D eigenvalue weighted by Crippen LogP contribution is -2.13. The number of aromatic nitrogens is 1. The van der Waals surface area contributed by atoms with E-state index in [0.717, 1.165) is 10.4 Å². The molecule has 1 amide bonds. The predicted molar refractivity (Wildman–Crippen MR) is 88.9 cm³/mol. The molecular weight excluding hydrogens is 312 g/mol. The highest BCUT2D eigenvalue weighted by atomic mass is 32.1. The maximum absolute atomic E-state index is 12.2. The molecule has 0 radical (unpaired) electrons. The van der Waals surface area contributed by atoms with Crippen LogP contribution >= 0.6 is 11.3 Å². The van der Waals surface area contributed by atoms with Crippen molar-refractivity contribution in [3.8, 4) is 10.4 Å². The molecule has 0 aliphatic heterocycles. The maximum atomic E-state index is 12.2. The number of rotatable bonds is 4. The van der Waals surface area contributed by atoms with Crippen molar-refractivity contribution in [2.45, 2.75) is 0 Å². The summed E-state index contributed by atoms with van der Waals surface area (Å²) in [6.45, 7) is 0. The number of carbonyl (C=O) groups is 2. The van der Waals surface area contributed by atoms with E-state index in [1.165, 1.54) is 17.5 Å². The molecule has 0 spiro atoms. The number of carboxylic acid groups (broad SMARTS) is 1. The average Bonchev–Trinajstić information content (AvgIpc) is 3.00. The second kappa shape index (κ2) is 6.41. The number of benzene rings is 1. The van der Waals surface area contributed by atoms with E-state index >= 15 is 0 Å². The number of hydrogen-bond acceptors (Lipinski definition) is 4. The van der Waals surface area contributed by atoms with Crippen LogP contribution in [0, 0.1) is 0 Å². The number of aromatic carboxylic acids is 1. The van der Waals surface area contributed by atoms with Crippen molar-refractivity contribution in [3.63, 3.8) is 0 Å². The first-order valence-corrected chi connectivity index (χ1v) is 7.61. The van der Waals surface area contributed by atoms with Gasteiger partial charge in [0.15, 0.2) is 0 Å². The van der Waals surface area contributed by atoms with E-state index in [9.17, 15) is 14.7 Å². The van der Waals surface area contributed by atoms with Crippen molar-refractivity contribution in [1.29, 1.82) is 0 Å². The number of pyridine rings is 1. The smallest absolute Gasteiger partial charge is 0.338 e. The standard InChI is InChI=1S/C17H12N2O3S/c20-15(12-7-4-8-18-10-12)19-16-13(17(21)22)9-14(23-16)11-5-2-1-3-6-11/h1-10H,(H,19,20)(H,21,22). The first-order valence-electron chi connectivity index (χ1n) is 6.79. The Morgan fingerprint density at radius 1 is 1.09 bits per heavy atom. The van der Waals surface area contributed by atoms with Gasteiger partial charge >= 0.3 is 5.97 Å². The van der Waals surface area contributed by atoms with Crippen LogP contribution in [0.4, 0.5) is 5.00 Å². The van der Waals surface area contributed by atoms with Crippen LogP contribution in [0.3, 0.4) is 0 Å². The summed E-state index contributed by atoms with van der Waals surface area (Å²) in [4.78, 5) is 28.3. The van der Waals surface area contributed by atoms with Crippen LogP contribution in [0.2, 0.25) is 0 Å². The number of amides is 1. The Bertz CT molecular complexity index is 845. The molecule has 0 aliphatic carbocycles. The summed E-state index contributed by atoms with van der Waals surface area (Å²) >= 11 is 1.23. The predicted octanol–water partition coefficient (Wildman–Crippen LogP) is 3.76. The SMILES string of the molecule is O=C(Nc1sc(-c2ccccc2)cc1C(=O)O)c1cccnc1. The van der Waals surface area contributed by atoms with Gasteiger partial charge in [-0.3, -0.25) is 9.78 Å². The van der Waals surface area contributed by atoms with Crippen molar-refractivity contribution >= 4 is 28.2 Å². The molecular formula is C17H12N2O3S. The number of nitrogens with zero attached hydrogens (tertiary/aromatic N) is 1. The van der Waals surface area contributed by atoms with E-state index in [2.05, 4.69) is 10.3 Å². The zero-order valence-corrected chi connectivity index (χ0v) is 12.7. The third kappa shape index (κ3) is 3.27. The summed E-state index contributed by atoms with van der Waals surface area (Å²) in [6.07, 6.45) is 3.00. The normalized spacial score (nSPS) is 10.3. The van der Waals surface area contributed by atoms with Crippen LogP contribution in [0.5, 0.6) is 0 Å². The fourth-order valence-electron chi connectivity index (χ4n) is 2.06.